The smallest absolute Gasteiger partial charge is 0.249 e. The summed E-state index contributed by atoms with van der Waals surface area (Å²) in [4.78, 5) is 11.7. The first-order valence-corrected chi connectivity index (χ1v) is 9.35. The molecule has 26 heavy (non-hydrogen) atoms. The molecule has 5 nitrogen and oxygen atoms in total. The van der Waals surface area contributed by atoms with Crippen LogP contribution in [0.4, 0.5) is 14.6 Å². The van der Waals surface area contributed by atoms with Crippen LogP contribution >= 0.6 is 9.24 Å². The molecule has 0 bridgehead atoms. The van der Waals surface area contributed by atoms with E-state index in [0.29, 0.717) is 0 Å². The number of allylic oxidation sites excluding steroid dienone is 2. The monoisotopic (exact) mass is 381 g/mol. The van der Waals surface area contributed by atoms with E-state index in [1.165, 1.54) is 15.7 Å². The fourth-order valence-electron chi connectivity index (χ4n) is 2.65. The number of nitrogens with zero attached hydrogens (tertiary/aromatic N) is 4. The predicted octanol–water partition coefficient (Wildman–Crippen LogP) is 3.86. The molecule has 1 saturated heterocycles. The SMILES string of the molecule is C=C/C(=C\NCCC)c1nc(N2CCC2)c2nccn2c1C.FC(F)P. The van der Waals surface area contributed by atoms with Crippen LogP contribution in [-0.4, -0.2) is 40.2 Å². The normalized spacial score (nSPS) is 14.1. The van der Waals surface area contributed by atoms with E-state index < -0.39 is 6.17 Å². The zero-order chi connectivity index (χ0) is 19.1. The van der Waals surface area contributed by atoms with E-state index >= 15 is 0 Å². The van der Waals surface area contributed by atoms with E-state index in [4.69, 9.17) is 4.98 Å². The van der Waals surface area contributed by atoms with Gasteiger partial charge in [0.15, 0.2) is 11.5 Å². The maximum Gasteiger partial charge on any atom is 0.249 e. The Balaban J connectivity index is 0.000000552. The molecule has 0 saturated carbocycles. The van der Waals surface area contributed by atoms with Crippen LogP contribution in [0.25, 0.3) is 11.2 Å². The third-order valence-electron chi connectivity index (χ3n) is 4.06. The van der Waals surface area contributed by atoms with Crippen LogP contribution < -0.4 is 10.2 Å². The molecule has 1 unspecified atom stereocenters. The van der Waals surface area contributed by atoms with Crippen molar-refractivity contribution >= 4 is 26.3 Å². The van der Waals surface area contributed by atoms with E-state index in [0.717, 1.165) is 54.5 Å². The number of anilines is 1. The van der Waals surface area contributed by atoms with Gasteiger partial charge in [0.05, 0.1) is 5.69 Å². The fraction of sp³-hybridized carbons (Fsp3) is 0.444. The lowest BCUT2D eigenvalue weighted by molar-refractivity contribution is 0.251. The van der Waals surface area contributed by atoms with Crippen LogP contribution in [0.2, 0.25) is 0 Å². The number of aromatic nitrogens is 3. The molecule has 8 heteroatoms. The van der Waals surface area contributed by atoms with E-state index in [1.807, 2.05) is 24.7 Å². The molecule has 2 aromatic heterocycles. The van der Waals surface area contributed by atoms with Gasteiger partial charge in [0.1, 0.15) is 0 Å². The number of alkyl halides is 2. The molecule has 1 atom stereocenters. The van der Waals surface area contributed by atoms with Crippen molar-refractivity contribution in [3.8, 4) is 0 Å². The predicted molar refractivity (Wildman–Crippen MR) is 107 cm³/mol. The highest BCUT2D eigenvalue weighted by atomic mass is 31.0. The van der Waals surface area contributed by atoms with Crippen molar-refractivity contribution < 1.29 is 8.78 Å². The number of hydrogen-bond donors (Lipinski definition) is 1. The van der Waals surface area contributed by atoms with Gasteiger partial charge in [-0.15, -0.1) is 0 Å². The summed E-state index contributed by atoms with van der Waals surface area (Å²) in [5, 5.41) is 3.32. The van der Waals surface area contributed by atoms with Crippen molar-refractivity contribution in [3.05, 3.63) is 42.6 Å². The van der Waals surface area contributed by atoms with Gasteiger partial charge in [0.2, 0.25) is 6.17 Å². The zero-order valence-electron chi connectivity index (χ0n) is 15.3. The van der Waals surface area contributed by atoms with E-state index in [9.17, 15) is 8.78 Å². The van der Waals surface area contributed by atoms with Crippen LogP contribution in [0, 0.1) is 6.92 Å². The van der Waals surface area contributed by atoms with Crippen molar-refractivity contribution in [2.45, 2.75) is 32.9 Å². The molecule has 142 valence electrons. The van der Waals surface area contributed by atoms with Gasteiger partial charge in [0, 0.05) is 49.5 Å². The number of halogens is 2. The van der Waals surface area contributed by atoms with Crippen molar-refractivity contribution in [2.75, 3.05) is 24.5 Å². The molecule has 1 aliphatic rings. The Morgan fingerprint density at radius 2 is 2.15 bits per heavy atom. The van der Waals surface area contributed by atoms with Gasteiger partial charge >= 0.3 is 0 Å². The Kier molecular flexibility index (Phi) is 7.51. The Labute approximate surface area is 155 Å². The number of imidazole rings is 1. The number of aryl methyl sites for hydroxylation is 1. The van der Waals surface area contributed by atoms with Gasteiger partial charge in [-0.3, -0.25) is 4.40 Å². The Bertz CT molecular complexity index is 766. The average molecular weight is 381 g/mol. The number of nitrogens with one attached hydrogen (secondary N) is 1. The first-order valence-electron chi connectivity index (χ1n) is 8.68. The van der Waals surface area contributed by atoms with Gasteiger partial charge in [-0.1, -0.05) is 28.8 Å². The maximum absolute atomic E-state index is 10.3. The molecule has 0 radical (unpaired) electrons. The lowest BCUT2D eigenvalue weighted by Crippen LogP contribution is -2.38. The third-order valence-corrected chi connectivity index (χ3v) is 4.06. The highest BCUT2D eigenvalue weighted by Gasteiger charge is 2.22. The summed E-state index contributed by atoms with van der Waals surface area (Å²) in [6.07, 6.45) is 7.77. The minimum Gasteiger partial charge on any atom is -0.390 e. The minimum atomic E-state index is -2.25. The van der Waals surface area contributed by atoms with Crippen LogP contribution in [0.3, 0.4) is 0 Å². The second-order valence-electron chi connectivity index (χ2n) is 5.92. The van der Waals surface area contributed by atoms with Crippen molar-refractivity contribution in [1.29, 1.82) is 0 Å². The Morgan fingerprint density at radius 1 is 1.46 bits per heavy atom. The summed E-state index contributed by atoms with van der Waals surface area (Å²) in [5.41, 5.74) is 4.00. The van der Waals surface area contributed by atoms with Gasteiger partial charge in [-0.05, 0) is 19.8 Å². The molecule has 3 heterocycles. The lowest BCUT2D eigenvalue weighted by Gasteiger charge is -2.32. The topological polar surface area (TPSA) is 45.5 Å². The largest absolute Gasteiger partial charge is 0.390 e. The molecular weight excluding hydrogens is 355 g/mol. The summed E-state index contributed by atoms with van der Waals surface area (Å²) >= 11 is 0. The molecule has 1 fully saturated rings. The first kappa shape index (κ1) is 20.3. The quantitative estimate of drug-likeness (QED) is 0.469. The van der Waals surface area contributed by atoms with Gasteiger partial charge < -0.3 is 10.2 Å². The van der Waals surface area contributed by atoms with Crippen molar-refractivity contribution in [3.63, 3.8) is 0 Å². The van der Waals surface area contributed by atoms with Crippen LogP contribution in [0.1, 0.15) is 31.2 Å². The van der Waals surface area contributed by atoms with Crippen molar-refractivity contribution in [1.82, 2.24) is 19.7 Å². The number of rotatable bonds is 6. The van der Waals surface area contributed by atoms with E-state index in [2.05, 4.69) is 40.0 Å². The second kappa shape index (κ2) is 9.62. The lowest BCUT2D eigenvalue weighted by atomic mass is 10.1. The first-order chi connectivity index (χ1) is 12.5. The van der Waals surface area contributed by atoms with Crippen molar-refractivity contribution in [2.24, 2.45) is 0 Å². The zero-order valence-corrected chi connectivity index (χ0v) is 16.4. The summed E-state index contributed by atoms with van der Waals surface area (Å²) in [5.74, 6) is 0.972. The average Bonchev–Trinajstić information content (AvgIpc) is 3.03. The van der Waals surface area contributed by atoms with Crippen LogP contribution in [0.5, 0.6) is 0 Å². The summed E-state index contributed by atoms with van der Waals surface area (Å²) in [7, 11) is 1.32. The number of hydrogen-bond acceptors (Lipinski definition) is 4. The van der Waals surface area contributed by atoms with Crippen LogP contribution in [-0.2, 0) is 0 Å². The standard InChI is InChI=1S/C17H23N5.CH3F2P/c1-4-7-18-12-14(5-2)15-13(3)22-11-8-19-16(22)17(20-15)21-9-6-10-21;2-1(3)4/h5,8,11-12,18H,2,4,6-7,9-10H2,1,3H3;1H,4H2/b14-12+;. The molecule has 1 N–H and O–H groups in total. The number of fused-ring (bicyclic) bond motifs is 1. The Hall–Kier alpha value is -2.01. The third kappa shape index (κ3) is 4.79. The van der Waals surface area contributed by atoms with Crippen LogP contribution in [0.15, 0.2) is 31.2 Å². The highest BCUT2D eigenvalue weighted by molar-refractivity contribution is 7.16. The Morgan fingerprint density at radius 3 is 2.69 bits per heavy atom. The van der Waals surface area contributed by atoms with Gasteiger partial charge in [-0.2, -0.15) is 0 Å². The summed E-state index contributed by atoms with van der Waals surface area (Å²) in [6.45, 7) is 11.2. The molecule has 0 aromatic carbocycles. The molecule has 0 amide bonds. The molecule has 2 aromatic rings. The summed E-state index contributed by atoms with van der Waals surface area (Å²) < 4.78 is 22.7. The van der Waals surface area contributed by atoms with Gasteiger partial charge in [0.25, 0.3) is 0 Å². The fourth-order valence-corrected chi connectivity index (χ4v) is 2.65. The molecule has 3 rings (SSSR count). The molecule has 0 spiro atoms. The molecule has 0 aliphatic carbocycles. The van der Waals surface area contributed by atoms with Gasteiger partial charge in [-0.25, -0.2) is 18.7 Å². The highest BCUT2D eigenvalue weighted by Crippen LogP contribution is 2.28. The minimum absolute atomic E-state index is 0.936. The second-order valence-corrected chi connectivity index (χ2v) is 6.43. The van der Waals surface area contributed by atoms with E-state index in [1.54, 1.807) is 0 Å². The maximum atomic E-state index is 10.3. The molecular formula is C18H26F2N5P. The van der Waals surface area contributed by atoms with E-state index in [-0.39, 0.29) is 0 Å². The summed E-state index contributed by atoms with van der Waals surface area (Å²) in [6, 6.07) is 0. The molecule has 1 aliphatic heterocycles.